The molecule has 1 heterocycles. The van der Waals surface area contributed by atoms with E-state index in [0.717, 1.165) is 11.3 Å². The number of anilines is 1. The topological polar surface area (TPSA) is 88.9 Å². The zero-order chi connectivity index (χ0) is 22.4. The Morgan fingerprint density at radius 1 is 1.10 bits per heavy atom. The van der Waals surface area contributed by atoms with E-state index in [2.05, 4.69) is 34.7 Å². The van der Waals surface area contributed by atoms with Gasteiger partial charge >= 0.3 is 0 Å². The summed E-state index contributed by atoms with van der Waals surface area (Å²) in [5.41, 5.74) is 3.63. The van der Waals surface area contributed by atoms with E-state index in [9.17, 15) is 9.59 Å². The molecule has 0 atom stereocenters. The molecule has 0 saturated heterocycles. The third-order valence-electron chi connectivity index (χ3n) is 4.81. The van der Waals surface area contributed by atoms with Gasteiger partial charge in [-0.25, -0.2) is 0 Å². The fourth-order valence-electron chi connectivity index (χ4n) is 2.95. The smallest absolute Gasteiger partial charge is 0.251 e. The van der Waals surface area contributed by atoms with Crippen molar-refractivity contribution in [2.75, 3.05) is 11.1 Å². The minimum absolute atomic E-state index is 0.111. The van der Waals surface area contributed by atoms with Crippen LogP contribution in [0.1, 0.15) is 47.1 Å². The number of nitrogens with one attached hydrogen (secondary N) is 2. The number of amides is 2. The molecule has 0 unspecified atom stereocenters. The van der Waals surface area contributed by atoms with Crippen LogP contribution in [0.5, 0.6) is 0 Å². The Morgan fingerprint density at radius 2 is 1.84 bits per heavy atom. The van der Waals surface area contributed by atoms with Gasteiger partial charge in [-0.3, -0.25) is 9.59 Å². The van der Waals surface area contributed by atoms with Gasteiger partial charge in [-0.05, 0) is 42.7 Å². The summed E-state index contributed by atoms with van der Waals surface area (Å²) in [6.07, 6.45) is 0. The van der Waals surface area contributed by atoms with Crippen molar-refractivity contribution in [1.29, 1.82) is 0 Å². The fourth-order valence-corrected chi connectivity index (χ4v) is 3.68. The SMILES string of the molecule is Cc1cccc(C(=O)NCc2nnc(SCC(=O)Nc3ccc(C(C)C)cc3)n2C)c1. The maximum Gasteiger partial charge on any atom is 0.251 e. The van der Waals surface area contributed by atoms with Gasteiger partial charge in [0, 0.05) is 18.3 Å². The number of carbonyl (C=O) groups excluding carboxylic acids is 2. The highest BCUT2D eigenvalue weighted by molar-refractivity contribution is 7.99. The van der Waals surface area contributed by atoms with Crippen molar-refractivity contribution in [2.24, 2.45) is 7.05 Å². The van der Waals surface area contributed by atoms with E-state index in [1.165, 1.54) is 17.3 Å². The Morgan fingerprint density at radius 3 is 2.52 bits per heavy atom. The second-order valence-corrected chi connectivity index (χ2v) is 8.57. The lowest BCUT2D eigenvalue weighted by molar-refractivity contribution is -0.113. The van der Waals surface area contributed by atoms with Gasteiger partial charge in [0.25, 0.3) is 5.91 Å². The Hall–Kier alpha value is -3.13. The molecular weight excluding hydrogens is 410 g/mol. The number of thioether (sulfide) groups is 1. The molecule has 0 spiro atoms. The first-order chi connectivity index (χ1) is 14.8. The van der Waals surface area contributed by atoms with Crippen LogP contribution in [0.15, 0.2) is 53.7 Å². The van der Waals surface area contributed by atoms with Crippen molar-refractivity contribution in [3.63, 3.8) is 0 Å². The van der Waals surface area contributed by atoms with Crippen LogP contribution >= 0.6 is 11.8 Å². The van der Waals surface area contributed by atoms with E-state index in [1.54, 1.807) is 10.6 Å². The lowest BCUT2D eigenvalue weighted by Gasteiger charge is -2.08. The van der Waals surface area contributed by atoms with Gasteiger partial charge in [0.1, 0.15) is 0 Å². The van der Waals surface area contributed by atoms with Gasteiger partial charge in [0.2, 0.25) is 5.91 Å². The van der Waals surface area contributed by atoms with Crippen molar-refractivity contribution in [1.82, 2.24) is 20.1 Å². The predicted octanol–water partition coefficient (Wildman–Crippen LogP) is 3.91. The Bertz CT molecular complexity index is 1060. The maximum absolute atomic E-state index is 12.3. The standard InChI is InChI=1S/C23H27N5O2S/c1-15(2)17-8-10-19(11-9-17)25-21(29)14-31-23-27-26-20(28(23)4)13-24-22(30)18-7-5-6-16(3)12-18/h5-12,15H,13-14H2,1-4H3,(H,24,30)(H,25,29). The molecule has 0 aliphatic rings. The number of carbonyl (C=O) groups is 2. The molecule has 1 aromatic heterocycles. The fraction of sp³-hybridized carbons (Fsp3) is 0.304. The average molecular weight is 438 g/mol. The number of hydrogen-bond acceptors (Lipinski definition) is 5. The second-order valence-electron chi connectivity index (χ2n) is 7.62. The van der Waals surface area contributed by atoms with E-state index in [-0.39, 0.29) is 24.1 Å². The van der Waals surface area contributed by atoms with E-state index >= 15 is 0 Å². The van der Waals surface area contributed by atoms with Crippen LogP contribution in [-0.4, -0.2) is 32.3 Å². The highest BCUT2D eigenvalue weighted by Crippen LogP contribution is 2.19. The van der Waals surface area contributed by atoms with Gasteiger partial charge in [-0.1, -0.05) is 55.4 Å². The molecule has 0 aliphatic heterocycles. The first-order valence-electron chi connectivity index (χ1n) is 10.1. The molecule has 7 nitrogen and oxygen atoms in total. The van der Waals surface area contributed by atoms with E-state index in [1.807, 2.05) is 56.4 Å². The molecule has 8 heteroatoms. The number of aryl methyl sites for hydroxylation is 1. The lowest BCUT2D eigenvalue weighted by atomic mass is 10.0. The molecule has 0 radical (unpaired) electrons. The van der Waals surface area contributed by atoms with Crippen molar-refractivity contribution < 1.29 is 9.59 Å². The monoisotopic (exact) mass is 437 g/mol. The zero-order valence-corrected chi connectivity index (χ0v) is 19.0. The molecule has 0 aliphatic carbocycles. The Balaban J connectivity index is 1.50. The molecule has 0 saturated carbocycles. The summed E-state index contributed by atoms with van der Waals surface area (Å²) in [6.45, 7) is 6.46. The third kappa shape index (κ3) is 6.18. The summed E-state index contributed by atoms with van der Waals surface area (Å²) < 4.78 is 1.78. The van der Waals surface area contributed by atoms with Crippen molar-refractivity contribution in [2.45, 2.75) is 38.4 Å². The van der Waals surface area contributed by atoms with Crippen molar-refractivity contribution >= 4 is 29.3 Å². The Kier molecular flexibility index (Phi) is 7.46. The summed E-state index contributed by atoms with van der Waals surface area (Å²) in [4.78, 5) is 24.6. The average Bonchev–Trinajstić information content (AvgIpc) is 3.10. The Labute approximate surface area is 186 Å². The quantitative estimate of drug-likeness (QED) is 0.522. The predicted molar refractivity (Wildman–Crippen MR) is 123 cm³/mol. The molecule has 3 rings (SSSR count). The van der Waals surface area contributed by atoms with Gasteiger partial charge in [-0.2, -0.15) is 0 Å². The van der Waals surface area contributed by atoms with Gasteiger partial charge in [0.15, 0.2) is 11.0 Å². The van der Waals surface area contributed by atoms with Crippen LogP contribution in [-0.2, 0) is 18.4 Å². The lowest BCUT2D eigenvalue weighted by Crippen LogP contribution is -2.24. The number of aromatic nitrogens is 3. The van der Waals surface area contributed by atoms with Crippen LogP contribution in [0.25, 0.3) is 0 Å². The van der Waals surface area contributed by atoms with Gasteiger partial charge in [0.05, 0.1) is 12.3 Å². The van der Waals surface area contributed by atoms with Gasteiger partial charge < -0.3 is 15.2 Å². The minimum atomic E-state index is -0.163. The first-order valence-corrected chi connectivity index (χ1v) is 11.1. The van der Waals surface area contributed by atoms with Crippen LogP contribution in [0.2, 0.25) is 0 Å². The summed E-state index contributed by atoms with van der Waals surface area (Å²) in [7, 11) is 1.82. The molecule has 0 bridgehead atoms. The van der Waals surface area contributed by atoms with Crippen LogP contribution in [0, 0.1) is 6.92 Å². The van der Waals surface area contributed by atoms with E-state index < -0.39 is 0 Å². The summed E-state index contributed by atoms with van der Waals surface area (Å²) in [6, 6.07) is 15.3. The maximum atomic E-state index is 12.3. The van der Waals surface area contributed by atoms with Crippen molar-refractivity contribution in [3.05, 3.63) is 71.0 Å². The van der Waals surface area contributed by atoms with Crippen LogP contribution in [0.3, 0.4) is 0 Å². The number of rotatable bonds is 8. The highest BCUT2D eigenvalue weighted by atomic mass is 32.2. The molecule has 162 valence electrons. The zero-order valence-electron chi connectivity index (χ0n) is 18.2. The molecule has 31 heavy (non-hydrogen) atoms. The highest BCUT2D eigenvalue weighted by Gasteiger charge is 2.13. The minimum Gasteiger partial charge on any atom is -0.345 e. The number of hydrogen-bond donors (Lipinski definition) is 2. The third-order valence-corrected chi connectivity index (χ3v) is 5.83. The molecular formula is C23H27N5O2S. The molecule has 2 aromatic carbocycles. The van der Waals surface area contributed by atoms with Gasteiger partial charge in [-0.15, -0.1) is 10.2 Å². The van der Waals surface area contributed by atoms with E-state index in [0.29, 0.717) is 22.5 Å². The number of nitrogens with zero attached hydrogens (tertiary/aromatic N) is 3. The molecule has 3 aromatic rings. The summed E-state index contributed by atoms with van der Waals surface area (Å²) in [5.74, 6) is 1.01. The van der Waals surface area contributed by atoms with E-state index in [4.69, 9.17) is 0 Å². The largest absolute Gasteiger partial charge is 0.345 e. The molecule has 0 fully saturated rings. The molecule has 2 amide bonds. The summed E-state index contributed by atoms with van der Waals surface area (Å²) >= 11 is 1.30. The second kappa shape index (κ2) is 10.3. The van der Waals surface area contributed by atoms with Crippen LogP contribution in [0.4, 0.5) is 5.69 Å². The first kappa shape index (κ1) is 22.6. The summed E-state index contributed by atoms with van der Waals surface area (Å²) in [5, 5.41) is 14.6. The number of benzene rings is 2. The van der Waals surface area contributed by atoms with Crippen LogP contribution < -0.4 is 10.6 Å². The van der Waals surface area contributed by atoms with Crippen molar-refractivity contribution in [3.8, 4) is 0 Å². The molecule has 2 N–H and O–H groups in total. The normalized spacial score (nSPS) is 10.9.